The number of rotatable bonds is 7. The van der Waals surface area contributed by atoms with Gasteiger partial charge >= 0.3 is 5.97 Å². The van der Waals surface area contributed by atoms with E-state index in [-0.39, 0.29) is 49.5 Å². The van der Waals surface area contributed by atoms with Crippen molar-refractivity contribution >= 4 is 17.5 Å². The summed E-state index contributed by atoms with van der Waals surface area (Å²) in [6.45, 7) is 6.76. The van der Waals surface area contributed by atoms with E-state index in [0.717, 1.165) is 5.57 Å². The van der Waals surface area contributed by atoms with Gasteiger partial charge < -0.3 is 19.3 Å². The minimum Gasteiger partial charge on any atom is -0.458 e. The second-order valence-electron chi connectivity index (χ2n) is 11.5. The molecular formula is C27H39FO7. The van der Waals surface area contributed by atoms with E-state index in [1.165, 1.54) is 7.11 Å². The van der Waals surface area contributed by atoms with Crippen LogP contribution in [0.4, 0.5) is 4.39 Å². The minimum atomic E-state index is -1.91. The molecule has 1 N–H and O–H groups in total. The van der Waals surface area contributed by atoms with Crippen LogP contribution in [0.1, 0.15) is 72.6 Å². The third kappa shape index (κ3) is 3.50. The van der Waals surface area contributed by atoms with Crippen molar-refractivity contribution in [2.45, 2.75) is 90.0 Å². The van der Waals surface area contributed by atoms with Crippen molar-refractivity contribution in [3.63, 3.8) is 0 Å². The van der Waals surface area contributed by atoms with Gasteiger partial charge in [-0.25, -0.2) is 4.39 Å². The van der Waals surface area contributed by atoms with Crippen molar-refractivity contribution in [2.24, 2.45) is 28.6 Å². The van der Waals surface area contributed by atoms with E-state index < -0.39 is 46.7 Å². The number of alkyl halides is 1. The van der Waals surface area contributed by atoms with Gasteiger partial charge in [0.15, 0.2) is 12.4 Å². The molecule has 0 bridgehead atoms. The van der Waals surface area contributed by atoms with Gasteiger partial charge in [-0.3, -0.25) is 14.4 Å². The van der Waals surface area contributed by atoms with Crippen molar-refractivity contribution < 1.29 is 38.1 Å². The van der Waals surface area contributed by atoms with Crippen molar-refractivity contribution in [1.29, 1.82) is 0 Å². The van der Waals surface area contributed by atoms with E-state index in [4.69, 9.17) is 14.2 Å². The summed E-state index contributed by atoms with van der Waals surface area (Å²) in [5, 5.41) is 11.6. The molecule has 4 aliphatic carbocycles. The number of Topliss-reactive ketones (excluding diaryl/α,β-unsaturated/α-hetero) is 1. The molecule has 7 nitrogen and oxygen atoms in total. The molecule has 0 heterocycles. The van der Waals surface area contributed by atoms with Crippen LogP contribution >= 0.6 is 0 Å². The number of fused-ring (bicyclic) bond motifs is 5. The molecule has 8 heteroatoms. The predicted molar refractivity (Wildman–Crippen MR) is 125 cm³/mol. The molecule has 0 unspecified atom stereocenters. The lowest BCUT2D eigenvalue weighted by atomic mass is 9.43. The first-order valence-corrected chi connectivity index (χ1v) is 12.8. The van der Waals surface area contributed by atoms with Crippen LogP contribution in [0.25, 0.3) is 0 Å². The quantitative estimate of drug-likeness (QED) is 0.425. The molecule has 0 aliphatic heterocycles. The average Bonchev–Trinajstić information content (AvgIpc) is 3.04. The molecule has 0 aromatic carbocycles. The number of hydrogen-bond acceptors (Lipinski definition) is 7. The first-order chi connectivity index (χ1) is 16.4. The summed E-state index contributed by atoms with van der Waals surface area (Å²) in [5.74, 6) is -1.86. The Morgan fingerprint density at radius 2 is 1.94 bits per heavy atom. The van der Waals surface area contributed by atoms with Crippen molar-refractivity contribution in [3.8, 4) is 0 Å². The van der Waals surface area contributed by atoms with Crippen LogP contribution in [0.15, 0.2) is 11.6 Å². The maximum atomic E-state index is 17.4. The molecule has 196 valence electrons. The van der Waals surface area contributed by atoms with Gasteiger partial charge in [-0.05, 0) is 50.0 Å². The lowest BCUT2D eigenvalue weighted by Gasteiger charge is -2.63. The van der Waals surface area contributed by atoms with Gasteiger partial charge in [0.2, 0.25) is 5.78 Å². The summed E-state index contributed by atoms with van der Waals surface area (Å²) < 4.78 is 34.0. The molecule has 3 saturated carbocycles. The minimum absolute atomic E-state index is 0.0170. The average molecular weight is 495 g/mol. The number of aliphatic hydroxyl groups is 1. The molecule has 0 amide bonds. The number of carbonyl (C=O) groups is 3. The number of hydrogen-bond donors (Lipinski definition) is 1. The molecule has 4 aliphatic rings. The van der Waals surface area contributed by atoms with Gasteiger partial charge in [0, 0.05) is 36.7 Å². The highest BCUT2D eigenvalue weighted by Crippen LogP contribution is 2.71. The molecule has 4 rings (SSSR count). The van der Waals surface area contributed by atoms with Gasteiger partial charge in [-0.2, -0.15) is 0 Å². The van der Waals surface area contributed by atoms with E-state index in [0.29, 0.717) is 25.7 Å². The first-order valence-electron chi connectivity index (χ1n) is 12.8. The van der Waals surface area contributed by atoms with Crippen molar-refractivity contribution in [2.75, 3.05) is 20.5 Å². The monoisotopic (exact) mass is 494 g/mol. The molecule has 8 atom stereocenters. The molecular weight excluding hydrogens is 455 g/mol. The topological polar surface area (TPSA) is 99.1 Å². The van der Waals surface area contributed by atoms with Crippen molar-refractivity contribution in [3.05, 3.63) is 11.6 Å². The number of allylic oxidation sites excluding steroid dienone is 1. The maximum Gasteiger partial charge on any atom is 0.305 e. The van der Waals surface area contributed by atoms with Gasteiger partial charge in [-0.1, -0.05) is 33.3 Å². The Labute approximate surface area is 206 Å². The largest absolute Gasteiger partial charge is 0.458 e. The lowest BCUT2D eigenvalue weighted by molar-refractivity contribution is -0.248. The fourth-order valence-electron chi connectivity index (χ4n) is 8.38. The number of esters is 1. The zero-order valence-corrected chi connectivity index (χ0v) is 21.5. The highest BCUT2D eigenvalue weighted by molar-refractivity contribution is 5.92. The summed E-state index contributed by atoms with van der Waals surface area (Å²) in [4.78, 5) is 37.7. The Morgan fingerprint density at radius 3 is 2.60 bits per heavy atom. The second-order valence-corrected chi connectivity index (χ2v) is 11.5. The summed E-state index contributed by atoms with van der Waals surface area (Å²) >= 11 is 0. The zero-order valence-electron chi connectivity index (χ0n) is 21.5. The van der Waals surface area contributed by atoms with Crippen LogP contribution in [0.3, 0.4) is 0 Å². The predicted octanol–water partition coefficient (Wildman–Crippen LogP) is 3.71. The number of ketones is 2. The Kier molecular flexibility index (Phi) is 6.82. The summed E-state index contributed by atoms with van der Waals surface area (Å²) in [5.41, 5.74) is -4.30. The number of halogens is 1. The highest BCUT2D eigenvalue weighted by Gasteiger charge is 2.76. The van der Waals surface area contributed by atoms with Crippen LogP contribution in [-0.2, 0) is 28.6 Å². The SMILES string of the molecule is CCC(=O)OCC(=O)[C@@]1(OCOC)[C@@H](C)C[C@H]2[C@@H]3CCC4=CC(=O)CC[C@]4(C)[C@@]3(F)[C@@H](O)C[C@@]21C. The standard InChI is InChI=1S/C27H39FO7/c1-6-23(32)34-14-22(31)27(35-15-33-5)16(2)11-20-19-8-7-17-12-18(29)9-10-24(17,3)26(19,28)21(30)13-25(20,27)4/h12,16,19-21,30H,6-11,13-15H2,1-5H3/t16-,19-,20-,21-,24-,25-,26-,27-/m0/s1. The van der Waals surface area contributed by atoms with E-state index >= 15 is 4.39 Å². The second kappa shape index (κ2) is 9.03. The summed E-state index contributed by atoms with van der Waals surface area (Å²) in [7, 11) is 1.47. The van der Waals surface area contributed by atoms with Crippen LogP contribution in [-0.4, -0.2) is 60.5 Å². The van der Waals surface area contributed by atoms with E-state index in [2.05, 4.69) is 0 Å². The molecule has 3 fully saturated rings. The smallest absolute Gasteiger partial charge is 0.305 e. The Balaban J connectivity index is 1.76. The Morgan fingerprint density at radius 1 is 1.23 bits per heavy atom. The fourth-order valence-corrected chi connectivity index (χ4v) is 8.38. The molecule has 35 heavy (non-hydrogen) atoms. The third-order valence-electron chi connectivity index (χ3n) is 10.1. The third-order valence-corrected chi connectivity index (χ3v) is 10.1. The van der Waals surface area contributed by atoms with E-state index in [9.17, 15) is 19.5 Å². The van der Waals surface area contributed by atoms with Crippen molar-refractivity contribution in [1.82, 2.24) is 0 Å². The van der Waals surface area contributed by atoms with Crippen LogP contribution in [0.2, 0.25) is 0 Å². The number of methoxy groups -OCH3 is 1. The Bertz CT molecular complexity index is 932. The zero-order chi connectivity index (χ0) is 25.8. The maximum absolute atomic E-state index is 17.4. The molecule has 0 aromatic heterocycles. The molecule has 0 radical (unpaired) electrons. The van der Waals surface area contributed by atoms with Crippen LogP contribution in [0, 0.1) is 28.6 Å². The summed E-state index contributed by atoms with van der Waals surface area (Å²) in [6.07, 6.45) is 2.72. The van der Waals surface area contributed by atoms with Crippen LogP contribution < -0.4 is 0 Å². The summed E-state index contributed by atoms with van der Waals surface area (Å²) in [6, 6.07) is 0. The van der Waals surface area contributed by atoms with Crippen LogP contribution in [0.5, 0.6) is 0 Å². The molecule has 0 aromatic rings. The molecule has 0 spiro atoms. The number of ether oxygens (including phenoxy) is 3. The van der Waals surface area contributed by atoms with Gasteiger partial charge in [0.25, 0.3) is 0 Å². The number of aliphatic hydroxyl groups excluding tert-OH is 1. The number of carbonyl (C=O) groups excluding carboxylic acids is 3. The van der Waals surface area contributed by atoms with E-state index in [1.807, 2.05) is 20.8 Å². The molecule has 0 saturated heterocycles. The highest BCUT2D eigenvalue weighted by atomic mass is 19.1. The fraction of sp³-hybridized carbons (Fsp3) is 0.815. The first kappa shape index (κ1) is 26.4. The van der Waals surface area contributed by atoms with E-state index in [1.54, 1.807) is 13.0 Å². The lowest BCUT2D eigenvalue weighted by Crippen LogP contribution is -2.70. The van der Waals surface area contributed by atoms with Gasteiger partial charge in [0.05, 0.1) is 6.10 Å². The normalized spacial score (nSPS) is 44.7. The Hall–Kier alpha value is -1.64. The van der Waals surface area contributed by atoms with Gasteiger partial charge in [0.1, 0.15) is 18.1 Å². The van der Waals surface area contributed by atoms with Gasteiger partial charge in [-0.15, -0.1) is 0 Å².